The van der Waals surface area contributed by atoms with Gasteiger partial charge in [-0.25, -0.2) is 9.59 Å². The lowest BCUT2D eigenvalue weighted by Crippen LogP contribution is -2.18. The maximum Gasteiger partial charge on any atom is 0.349 e. The van der Waals surface area contributed by atoms with Gasteiger partial charge < -0.3 is 23.7 Å². The molecule has 2 aromatic carbocycles. The average molecular weight is 386 g/mol. The van der Waals surface area contributed by atoms with Gasteiger partial charge in [0.2, 0.25) is 0 Å². The van der Waals surface area contributed by atoms with Crippen molar-refractivity contribution in [3.8, 4) is 17.2 Å². The van der Waals surface area contributed by atoms with Crippen LogP contribution in [0.1, 0.15) is 23.2 Å². The number of esters is 2. The lowest BCUT2D eigenvalue weighted by molar-refractivity contribution is -0.136. The Hall–Kier alpha value is -3.06. The highest BCUT2D eigenvalue weighted by molar-refractivity contribution is 5.89. The molecule has 0 bridgehead atoms. The van der Waals surface area contributed by atoms with Crippen LogP contribution in [0.3, 0.4) is 0 Å². The topological polar surface area (TPSA) is 80.3 Å². The number of para-hydroxylation sites is 2. The number of hydrogen-bond donors (Lipinski definition) is 0. The Morgan fingerprint density at radius 2 is 1.82 bits per heavy atom. The van der Waals surface area contributed by atoms with Crippen LogP contribution in [0.25, 0.3) is 0 Å². The van der Waals surface area contributed by atoms with E-state index < -0.39 is 11.9 Å². The third-order valence-electron chi connectivity index (χ3n) is 4.16. The van der Waals surface area contributed by atoms with Gasteiger partial charge in [0.1, 0.15) is 12.4 Å². The third-order valence-corrected chi connectivity index (χ3v) is 4.16. The third kappa shape index (κ3) is 5.47. The second-order valence-corrected chi connectivity index (χ2v) is 6.17. The van der Waals surface area contributed by atoms with Gasteiger partial charge in [0.05, 0.1) is 18.8 Å². The Morgan fingerprint density at radius 3 is 2.50 bits per heavy atom. The summed E-state index contributed by atoms with van der Waals surface area (Å²) in [6.45, 7) is 0.685. The fraction of sp³-hybridized carbons (Fsp3) is 0.333. The van der Waals surface area contributed by atoms with Crippen molar-refractivity contribution in [2.75, 3.05) is 26.9 Å². The Bertz CT molecular complexity index is 795. The zero-order valence-electron chi connectivity index (χ0n) is 15.6. The summed E-state index contributed by atoms with van der Waals surface area (Å²) in [4.78, 5) is 24.0. The van der Waals surface area contributed by atoms with Gasteiger partial charge in [-0.05, 0) is 49.2 Å². The molecule has 1 fully saturated rings. The van der Waals surface area contributed by atoms with Crippen LogP contribution < -0.4 is 14.2 Å². The molecule has 28 heavy (non-hydrogen) atoms. The molecule has 0 aliphatic carbocycles. The standard InChI is InChI=1S/C21H22O7/c1-24-18-6-2-3-7-19(18)26-14-20(22)28-16-10-8-15(9-11-16)21(23)27-13-17-5-4-12-25-17/h2-3,6-11,17H,4-5,12-14H2,1H3. The molecule has 0 aromatic heterocycles. The summed E-state index contributed by atoms with van der Waals surface area (Å²) < 4.78 is 26.4. The lowest BCUT2D eigenvalue weighted by Gasteiger charge is -2.11. The first-order valence-electron chi connectivity index (χ1n) is 9.01. The number of methoxy groups -OCH3 is 1. The summed E-state index contributed by atoms with van der Waals surface area (Å²) in [5.41, 5.74) is 0.378. The molecule has 1 atom stereocenters. The van der Waals surface area contributed by atoms with E-state index in [-0.39, 0.29) is 19.3 Å². The van der Waals surface area contributed by atoms with Crippen LogP contribution in [0, 0.1) is 0 Å². The minimum Gasteiger partial charge on any atom is -0.493 e. The van der Waals surface area contributed by atoms with Crippen LogP contribution in [0.4, 0.5) is 0 Å². The molecule has 0 saturated carbocycles. The first-order chi connectivity index (χ1) is 13.7. The SMILES string of the molecule is COc1ccccc1OCC(=O)Oc1ccc(C(=O)OCC2CCCO2)cc1. The van der Waals surface area contributed by atoms with E-state index in [0.29, 0.717) is 29.4 Å². The van der Waals surface area contributed by atoms with E-state index in [9.17, 15) is 9.59 Å². The summed E-state index contributed by atoms with van der Waals surface area (Å²) >= 11 is 0. The molecule has 7 heteroatoms. The van der Waals surface area contributed by atoms with Crippen molar-refractivity contribution >= 4 is 11.9 Å². The summed E-state index contributed by atoms with van der Waals surface area (Å²) in [5, 5.41) is 0. The van der Waals surface area contributed by atoms with Crippen molar-refractivity contribution < 1.29 is 33.3 Å². The first-order valence-corrected chi connectivity index (χ1v) is 9.01. The van der Waals surface area contributed by atoms with Crippen LogP contribution >= 0.6 is 0 Å². The van der Waals surface area contributed by atoms with Gasteiger partial charge in [0.25, 0.3) is 0 Å². The Labute approximate surface area is 163 Å². The Balaban J connectivity index is 1.46. The van der Waals surface area contributed by atoms with E-state index in [4.69, 9.17) is 23.7 Å². The zero-order valence-corrected chi connectivity index (χ0v) is 15.6. The maximum absolute atomic E-state index is 12.0. The van der Waals surface area contributed by atoms with E-state index >= 15 is 0 Å². The molecule has 2 aromatic rings. The molecule has 1 aliphatic rings. The Morgan fingerprint density at radius 1 is 1.07 bits per heavy atom. The number of rotatable bonds is 8. The first kappa shape index (κ1) is 19.7. The molecule has 0 radical (unpaired) electrons. The summed E-state index contributed by atoms with van der Waals surface area (Å²) in [6.07, 6.45) is 1.87. The van der Waals surface area contributed by atoms with Gasteiger partial charge in [-0.2, -0.15) is 0 Å². The van der Waals surface area contributed by atoms with E-state index in [1.54, 1.807) is 36.4 Å². The number of carbonyl (C=O) groups is 2. The summed E-state index contributed by atoms with van der Waals surface area (Å²) in [7, 11) is 1.52. The predicted octanol–water partition coefficient (Wildman–Crippen LogP) is 3.02. The van der Waals surface area contributed by atoms with E-state index in [0.717, 1.165) is 12.8 Å². The molecule has 0 amide bonds. The number of benzene rings is 2. The van der Waals surface area contributed by atoms with Gasteiger partial charge >= 0.3 is 11.9 Å². The van der Waals surface area contributed by atoms with Crippen molar-refractivity contribution in [2.45, 2.75) is 18.9 Å². The van der Waals surface area contributed by atoms with E-state index in [1.807, 2.05) is 0 Å². The van der Waals surface area contributed by atoms with E-state index in [2.05, 4.69) is 0 Å². The molecule has 148 valence electrons. The average Bonchev–Trinajstić information content (AvgIpc) is 3.25. The van der Waals surface area contributed by atoms with Crippen molar-refractivity contribution in [1.29, 1.82) is 0 Å². The van der Waals surface area contributed by atoms with Crippen LogP contribution in [0.15, 0.2) is 48.5 Å². The van der Waals surface area contributed by atoms with Crippen LogP contribution in [0.5, 0.6) is 17.2 Å². The van der Waals surface area contributed by atoms with Crippen molar-refractivity contribution in [3.63, 3.8) is 0 Å². The van der Waals surface area contributed by atoms with Crippen LogP contribution in [0.2, 0.25) is 0 Å². The molecule has 3 rings (SSSR count). The lowest BCUT2D eigenvalue weighted by atomic mass is 10.2. The minimum absolute atomic E-state index is 0.0209. The van der Waals surface area contributed by atoms with Crippen LogP contribution in [-0.2, 0) is 14.3 Å². The largest absolute Gasteiger partial charge is 0.493 e. The second kappa shape index (κ2) is 9.75. The van der Waals surface area contributed by atoms with Crippen molar-refractivity contribution in [3.05, 3.63) is 54.1 Å². The minimum atomic E-state index is -0.570. The summed E-state index contributed by atoms with van der Waals surface area (Å²) in [5.74, 6) is 0.282. The monoisotopic (exact) mass is 386 g/mol. The smallest absolute Gasteiger partial charge is 0.349 e. The highest BCUT2D eigenvalue weighted by Gasteiger charge is 2.18. The Kier molecular flexibility index (Phi) is 6.86. The zero-order chi connectivity index (χ0) is 19.8. The van der Waals surface area contributed by atoms with Gasteiger partial charge in [0.15, 0.2) is 18.1 Å². The summed E-state index contributed by atoms with van der Waals surface area (Å²) in [6, 6.07) is 13.2. The van der Waals surface area contributed by atoms with Crippen molar-refractivity contribution in [1.82, 2.24) is 0 Å². The van der Waals surface area contributed by atoms with Crippen LogP contribution in [-0.4, -0.2) is 45.0 Å². The van der Waals surface area contributed by atoms with Gasteiger partial charge in [-0.1, -0.05) is 12.1 Å². The highest BCUT2D eigenvalue weighted by atomic mass is 16.6. The van der Waals surface area contributed by atoms with Gasteiger partial charge in [-0.15, -0.1) is 0 Å². The molecular weight excluding hydrogens is 364 g/mol. The second-order valence-electron chi connectivity index (χ2n) is 6.17. The number of carbonyl (C=O) groups excluding carboxylic acids is 2. The number of hydrogen-bond acceptors (Lipinski definition) is 7. The predicted molar refractivity (Wildman–Crippen MR) is 99.8 cm³/mol. The fourth-order valence-electron chi connectivity index (χ4n) is 2.72. The molecule has 1 aliphatic heterocycles. The van der Waals surface area contributed by atoms with Gasteiger partial charge in [-0.3, -0.25) is 0 Å². The molecule has 0 spiro atoms. The highest BCUT2D eigenvalue weighted by Crippen LogP contribution is 2.25. The maximum atomic E-state index is 12.0. The molecule has 1 heterocycles. The van der Waals surface area contributed by atoms with Crippen molar-refractivity contribution in [2.24, 2.45) is 0 Å². The molecule has 1 saturated heterocycles. The molecule has 1 unspecified atom stereocenters. The number of ether oxygens (including phenoxy) is 5. The molecular formula is C21H22O7. The van der Waals surface area contributed by atoms with E-state index in [1.165, 1.54) is 19.2 Å². The quantitative estimate of drug-likeness (QED) is 0.510. The molecule has 0 N–H and O–H groups in total. The fourth-order valence-corrected chi connectivity index (χ4v) is 2.72. The van der Waals surface area contributed by atoms with Gasteiger partial charge in [0, 0.05) is 6.61 Å². The molecule has 7 nitrogen and oxygen atoms in total. The normalized spacial score (nSPS) is 15.7.